The minimum Gasteiger partial charge on any atom is -0.338 e. The van der Waals surface area contributed by atoms with Gasteiger partial charge in [-0.1, -0.05) is 17.7 Å². The van der Waals surface area contributed by atoms with E-state index in [1.165, 1.54) is 21.3 Å². The lowest BCUT2D eigenvalue weighted by Gasteiger charge is -2.35. The van der Waals surface area contributed by atoms with E-state index in [1.807, 2.05) is 4.90 Å². The van der Waals surface area contributed by atoms with Crippen LogP contribution in [0.3, 0.4) is 0 Å². The Morgan fingerprint density at radius 1 is 1.17 bits per heavy atom. The van der Waals surface area contributed by atoms with E-state index in [9.17, 15) is 22.0 Å². The van der Waals surface area contributed by atoms with Crippen LogP contribution in [0, 0.1) is 11.6 Å². The third-order valence-electron chi connectivity index (χ3n) is 5.23. The molecule has 1 atom stereocenters. The number of nitrogens with zero attached hydrogens (tertiary/aromatic N) is 3. The number of sulfonamides is 1. The highest BCUT2D eigenvalue weighted by molar-refractivity contribution is 7.91. The monoisotopic (exact) mass is 477 g/mol. The maximum Gasteiger partial charge on any atom is 0.252 e. The molecule has 1 aromatic carbocycles. The molecule has 30 heavy (non-hydrogen) atoms. The molecule has 1 unspecified atom stereocenters. The van der Waals surface area contributed by atoms with Gasteiger partial charge >= 0.3 is 0 Å². The molecule has 0 spiro atoms. The van der Waals surface area contributed by atoms with Crippen LogP contribution in [0.25, 0.3) is 0 Å². The molecule has 0 saturated carbocycles. The van der Waals surface area contributed by atoms with Crippen molar-refractivity contribution in [2.24, 2.45) is 0 Å². The van der Waals surface area contributed by atoms with Gasteiger partial charge in [0.15, 0.2) is 11.6 Å². The summed E-state index contributed by atoms with van der Waals surface area (Å²) in [4.78, 5) is 16.0. The molecular weight excluding hydrogens is 456 g/mol. The highest BCUT2D eigenvalue weighted by Gasteiger charge is 2.31. The molecule has 1 saturated heterocycles. The minimum absolute atomic E-state index is 0.114. The maximum absolute atomic E-state index is 13.5. The number of piperazine rings is 1. The van der Waals surface area contributed by atoms with E-state index in [4.69, 9.17) is 11.6 Å². The summed E-state index contributed by atoms with van der Waals surface area (Å²) in [7, 11) is -1.98. The highest BCUT2D eigenvalue weighted by atomic mass is 35.5. The number of thiophene rings is 1. The molecule has 6 nitrogen and oxygen atoms in total. The highest BCUT2D eigenvalue weighted by Crippen LogP contribution is 2.28. The summed E-state index contributed by atoms with van der Waals surface area (Å²) < 4.78 is 54.0. The zero-order valence-corrected chi connectivity index (χ0v) is 18.9. The second kappa shape index (κ2) is 9.27. The summed E-state index contributed by atoms with van der Waals surface area (Å²) in [5, 5.41) is 0. The number of halogens is 3. The van der Waals surface area contributed by atoms with Gasteiger partial charge in [0.05, 0.1) is 16.9 Å². The van der Waals surface area contributed by atoms with E-state index < -0.39 is 27.7 Å². The van der Waals surface area contributed by atoms with Gasteiger partial charge in [-0.2, -0.15) is 4.31 Å². The first-order chi connectivity index (χ1) is 14.1. The second-order valence-corrected chi connectivity index (χ2v) is 11.0. The number of carbonyl (C=O) groups is 1. The van der Waals surface area contributed by atoms with Crippen molar-refractivity contribution in [2.45, 2.75) is 17.2 Å². The molecule has 0 bridgehead atoms. The number of benzene rings is 1. The van der Waals surface area contributed by atoms with Crippen LogP contribution in [0.4, 0.5) is 8.78 Å². The minimum atomic E-state index is -3.59. The molecule has 1 amide bonds. The fourth-order valence-electron chi connectivity index (χ4n) is 3.21. The number of hydrogen-bond donors (Lipinski definition) is 0. The Hall–Kier alpha value is -1.59. The van der Waals surface area contributed by atoms with E-state index in [0.29, 0.717) is 23.0 Å². The Labute approximate surface area is 183 Å². The number of amides is 1. The number of hydrogen-bond acceptors (Lipinski definition) is 5. The van der Waals surface area contributed by atoms with Crippen molar-refractivity contribution in [3.05, 3.63) is 51.9 Å². The first-order valence-electron chi connectivity index (χ1n) is 9.28. The first-order valence-corrected chi connectivity index (χ1v) is 11.9. The van der Waals surface area contributed by atoms with Crippen LogP contribution >= 0.6 is 22.9 Å². The van der Waals surface area contributed by atoms with Crippen molar-refractivity contribution in [3.63, 3.8) is 0 Å². The second-order valence-electron chi connectivity index (χ2n) is 7.09. The van der Waals surface area contributed by atoms with Crippen LogP contribution in [0.5, 0.6) is 0 Å². The molecule has 2 aromatic rings. The first kappa shape index (κ1) is 23.1. The van der Waals surface area contributed by atoms with Gasteiger partial charge in [0.25, 0.3) is 10.0 Å². The van der Waals surface area contributed by atoms with Crippen LogP contribution in [0.15, 0.2) is 34.5 Å². The summed E-state index contributed by atoms with van der Waals surface area (Å²) >= 11 is 6.87. The van der Waals surface area contributed by atoms with Crippen LogP contribution in [-0.4, -0.2) is 68.2 Å². The lowest BCUT2D eigenvalue weighted by molar-refractivity contribution is -0.133. The standard InChI is InChI=1S/C19H22ClF2N3O3S2/c1-13(14-3-4-15(21)16(22)11-14)23(2)18(26)12-24-7-9-25(10-8-24)30(27,28)19-6-5-17(20)29-19/h3-6,11,13H,7-10,12H2,1-2H3. The Balaban J connectivity index is 1.56. The van der Waals surface area contributed by atoms with Crippen molar-refractivity contribution in [3.8, 4) is 0 Å². The summed E-state index contributed by atoms with van der Waals surface area (Å²) in [5.41, 5.74) is 0.496. The van der Waals surface area contributed by atoms with E-state index in [2.05, 4.69) is 0 Å². The van der Waals surface area contributed by atoms with Gasteiger partial charge in [-0.15, -0.1) is 11.3 Å². The molecule has 3 rings (SSSR count). The molecular formula is C19H22ClF2N3O3S2. The molecule has 1 aliphatic rings. The Morgan fingerprint density at radius 3 is 2.40 bits per heavy atom. The number of likely N-dealkylation sites (N-methyl/N-ethyl adjacent to an activating group) is 1. The van der Waals surface area contributed by atoms with Gasteiger partial charge in [0.1, 0.15) is 4.21 Å². The zero-order chi connectivity index (χ0) is 22.1. The number of rotatable bonds is 6. The molecule has 1 fully saturated rings. The predicted molar refractivity (Wildman–Crippen MR) is 112 cm³/mol. The molecule has 164 valence electrons. The van der Waals surface area contributed by atoms with Crippen molar-refractivity contribution in [1.29, 1.82) is 0 Å². The topological polar surface area (TPSA) is 60.9 Å². The van der Waals surface area contributed by atoms with Crippen LogP contribution in [-0.2, 0) is 14.8 Å². The fourth-order valence-corrected chi connectivity index (χ4v) is 6.27. The van der Waals surface area contributed by atoms with E-state index in [1.54, 1.807) is 20.0 Å². The van der Waals surface area contributed by atoms with Crippen molar-refractivity contribution < 1.29 is 22.0 Å². The number of carbonyl (C=O) groups excluding carboxylic acids is 1. The Kier molecular flexibility index (Phi) is 7.13. The molecule has 11 heteroatoms. The van der Waals surface area contributed by atoms with Gasteiger partial charge in [-0.05, 0) is 36.8 Å². The van der Waals surface area contributed by atoms with E-state index in [-0.39, 0.29) is 29.8 Å². The summed E-state index contributed by atoms with van der Waals surface area (Å²) in [6, 6.07) is 6.19. The molecule has 0 radical (unpaired) electrons. The molecule has 2 heterocycles. The van der Waals surface area contributed by atoms with Crippen LogP contribution in [0.1, 0.15) is 18.5 Å². The quantitative estimate of drug-likeness (QED) is 0.641. The average Bonchev–Trinajstić information content (AvgIpc) is 3.16. The normalized spacial score (nSPS) is 17.1. The smallest absolute Gasteiger partial charge is 0.252 e. The lowest BCUT2D eigenvalue weighted by atomic mass is 10.1. The Bertz CT molecular complexity index is 1020. The Morgan fingerprint density at radius 2 is 1.83 bits per heavy atom. The van der Waals surface area contributed by atoms with Gasteiger partial charge in [-0.3, -0.25) is 9.69 Å². The van der Waals surface area contributed by atoms with Crippen LogP contribution in [0.2, 0.25) is 4.34 Å². The fraction of sp³-hybridized carbons (Fsp3) is 0.421. The van der Waals surface area contributed by atoms with E-state index in [0.717, 1.165) is 23.5 Å². The zero-order valence-electron chi connectivity index (χ0n) is 16.5. The lowest BCUT2D eigenvalue weighted by Crippen LogP contribution is -2.51. The summed E-state index contributed by atoms with van der Waals surface area (Å²) in [6.07, 6.45) is 0. The van der Waals surface area contributed by atoms with Crippen molar-refractivity contribution >= 4 is 38.9 Å². The van der Waals surface area contributed by atoms with Gasteiger partial charge in [-0.25, -0.2) is 17.2 Å². The third-order valence-corrected chi connectivity index (χ3v) is 8.83. The van der Waals surface area contributed by atoms with Gasteiger partial charge < -0.3 is 4.90 Å². The third kappa shape index (κ3) is 5.00. The van der Waals surface area contributed by atoms with Crippen LogP contribution < -0.4 is 0 Å². The van der Waals surface area contributed by atoms with Gasteiger partial charge in [0, 0.05) is 33.2 Å². The largest absolute Gasteiger partial charge is 0.338 e. The molecule has 1 aromatic heterocycles. The van der Waals surface area contributed by atoms with Crippen molar-refractivity contribution in [1.82, 2.24) is 14.1 Å². The summed E-state index contributed by atoms with van der Waals surface area (Å²) in [6.45, 7) is 3.22. The average molecular weight is 478 g/mol. The van der Waals surface area contributed by atoms with Gasteiger partial charge in [0.2, 0.25) is 5.91 Å². The molecule has 0 N–H and O–H groups in total. The maximum atomic E-state index is 13.5. The SMILES string of the molecule is CC(c1ccc(F)c(F)c1)N(C)C(=O)CN1CCN(S(=O)(=O)c2ccc(Cl)s2)CC1. The van der Waals surface area contributed by atoms with E-state index >= 15 is 0 Å². The summed E-state index contributed by atoms with van der Waals surface area (Å²) in [5.74, 6) is -2.07. The predicted octanol–water partition coefficient (Wildman–Crippen LogP) is 3.21. The molecule has 1 aliphatic heterocycles. The molecule has 0 aliphatic carbocycles. The van der Waals surface area contributed by atoms with Crippen molar-refractivity contribution in [2.75, 3.05) is 39.8 Å².